The quantitative estimate of drug-likeness (QED) is 0.745. The third kappa shape index (κ3) is 4.28. The highest BCUT2D eigenvalue weighted by Crippen LogP contribution is 2.17. The summed E-state index contributed by atoms with van der Waals surface area (Å²) in [6, 6.07) is 11.6. The van der Waals surface area contributed by atoms with Gasteiger partial charge in [-0.1, -0.05) is 29.8 Å². The summed E-state index contributed by atoms with van der Waals surface area (Å²) in [7, 11) is 0. The fraction of sp³-hybridized carbons (Fsp3) is 0.0625. The van der Waals surface area contributed by atoms with E-state index in [1.54, 1.807) is 42.5 Å². The van der Waals surface area contributed by atoms with Crippen LogP contribution in [0.15, 0.2) is 42.5 Å². The van der Waals surface area contributed by atoms with Gasteiger partial charge < -0.3 is 11.1 Å². The van der Waals surface area contributed by atoms with E-state index in [1.165, 1.54) is 0 Å². The van der Waals surface area contributed by atoms with Crippen LogP contribution in [-0.2, 0) is 0 Å². The lowest BCUT2D eigenvalue weighted by Crippen LogP contribution is -2.34. The van der Waals surface area contributed by atoms with Gasteiger partial charge in [0.1, 0.15) is 0 Å². The Morgan fingerprint density at radius 3 is 2.52 bits per heavy atom. The van der Waals surface area contributed by atoms with Crippen molar-refractivity contribution < 1.29 is 9.59 Å². The number of para-hydroxylation sites is 1. The molecule has 0 aliphatic rings. The maximum atomic E-state index is 12.1. The minimum absolute atomic E-state index is 0.0559. The monoisotopic (exact) mass is 347 g/mol. The molecule has 0 fully saturated rings. The minimum Gasteiger partial charge on any atom is -0.366 e. The molecule has 0 aliphatic heterocycles. The number of carbonyl (C=O) groups is 2. The van der Waals surface area contributed by atoms with Crippen LogP contribution in [0, 0.1) is 6.92 Å². The maximum absolute atomic E-state index is 12.1. The van der Waals surface area contributed by atoms with Crippen LogP contribution < -0.4 is 16.4 Å². The number of nitrogens with one attached hydrogen (secondary N) is 2. The third-order valence-corrected chi connectivity index (χ3v) is 3.71. The Balaban J connectivity index is 2.09. The number of thiocarbonyl (C=S) groups is 1. The Morgan fingerprint density at radius 1 is 1.17 bits per heavy atom. The molecule has 0 saturated carbocycles. The summed E-state index contributed by atoms with van der Waals surface area (Å²) >= 11 is 11.1. The molecule has 0 saturated heterocycles. The zero-order valence-electron chi connectivity index (χ0n) is 12.2. The van der Waals surface area contributed by atoms with Crippen LogP contribution in [0.2, 0.25) is 5.02 Å². The molecule has 4 N–H and O–H groups in total. The smallest absolute Gasteiger partial charge is 0.257 e. The topological polar surface area (TPSA) is 84.2 Å². The fourth-order valence-corrected chi connectivity index (χ4v) is 2.25. The zero-order chi connectivity index (χ0) is 17.0. The number of rotatable bonds is 3. The molecule has 2 rings (SSSR count). The molecule has 2 aromatic carbocycles. The Kier molecular flexibility index (Phi) is 5.31. The molecule has 0 bridgehead atoms. The molecule has 0 spiro atoms. The first-order valence-corrected chi connectivity index (χ1v) is 7.44. The summed E-state index contributed by atoms with van der Waals surface area (Å²) < 4.78 is 0. The Hall–Kier alpha value is -2.44. The lowest BCUT2D eigenvalue weighted by atomic mass is 10.1. The molecule has 0 atom stereocenters. The molecule has 2 amide bonds. The van der Waals surface area contributed by atoms with E-state index in [1.807, 2.05) is 6.92 Å². The van der Waals surface area contributed by atoms with Gasteiger partial charge in [-0.15, -0.1) is 0 Å². The zero-order valence-corrected chi connectivity index (χ0v) is 13.8. The molecule has 0 radical (unpaired) electrons. The molecule has 0 unspecified atom stereocenters. The summed E-state index contributed by atoms with van der Waals surface area (Å²) in [5, 5.41) is 5.86. The fourth-order valence-electron chi connectivity index (χ4n) is 1.87. The van der Waals surface area contributed by atoms with E-state index in [2.05, 4.69) is 10.6 Å². The molecule has 118 valence electrons. The van der Waals surface area contributed by atoms with E-state index in [9.17, 15) is 9.59 Å². The number of aryl methyl sites for hydroxylation is 1. The number of hydrogen-bond acceptors (Lipinski definition) is 3. The van der Waals surface area contributed by atoms with Gasteiger partial charge in [-0.05, 0) is 49.0 Å². The number of anilines is 1. The van der Waals surface area contributed by atoms with Crippen molar-refractivity contribution in [3.63, 3.8) is 0 Å². The molecule has 2 aromatic rings. The van der Waals surface area contributed by atoms with Crippen molar-refractivity contribution in [3.8, 4) is 0 Å². The maximum Gasteiger partial charge on any atom is 0.257 e. The Bertz CT molecular complexity index is 793. The van der Waals surface area contributed by atoms with Crippen molar-refractivity contribution in [1.29, 1.82) is 0 Å². The van der Waals surface area contributed by atoms with Gasteiger partial charge in [-0.3, -0.25) is 14.9 Å². The largest absolute Gasteiger partial charge is 0.366 e. The van der Waals surface area contributed by atoms with Gasteiger partial charge in [0.15, 0.2) is 5.11 Å². The van der Waals surface area contributed by atoms with Crippen LogP contribution in [0.5, 0.6) is 0 Å². The first kappa shape index (κ1) is 16.9. The van der Waals surface area contributed by atoms with Crippen LogP contribution in [0.4, 0.5) is 5.69 Å². The Labute approximate surface area is 143 Å². The Morgan fingerprint density at radius 2 is 1.87 bits per heavy atom. The summed E-state index contributed by atoms with van der Waals surface area (Å²) in [4.78, 5) is 23.5. The molecular weight excluding hydrogens is 334 g/mol. The van der Waals surface area contributed by atoms with Gasteiger partial charge in [0.05, 0.1) is 11.3 Å². The van der Waals surface area contributed by atoms with E-state index in [-0.39, 0.29) is 10.7 Å². The van der Waals surface area contributed by atoms with Crippen LogP contribution in [0.3, 0.4) is 0 Å². The van der Waals surface area contributed by atoms with Crippen LogP contribution in [0.1, 0.15) is 26.3 Å². The molecule has 0 aromatic heterocycles. The normalized spacial score (nSPS) is 10.0. The summed E-state index contributed by atoms with van der Waals surface area (Å²) in [6.45, 7) is 1.84. The predicted octanol–water partition coefficient (Wildman–Crippen LogP) is 2.87. The van der Waals surface area contributed by atoms with Crippen molar-refractivity contribution in [2.24, 2.45) is 5.73 Å². The second kappa shape index (κ2) is 7.21. The average molecular weight is 348 g/mol. The summed E-state index contributed by atoms with van der Waals surface area (Å²) in [5.74, 6) is -0.992. The lowest BCUT2D eigenvalue weighted by Gasteiger charge is -2.12. The van der Waals surface area contributed by atoms with Crippen LogP contribution in [0.25, 0.3) is 0 Å². The van der Waals surface area contributed by atoms with Gasteiger partial charge in [0.25, 0.3) is 11.8 Å². The van der Waals surface area contributed by atoms with Gasteiger partial charge >= 0.3 is 0 Å². The van der Waals surface area contributed by atoms with E-state index in [4.69, 9.17) is 29.6 Å². The molecule has 23 heavy (non-hydrogen) atoms. The highest BCUT2D eigenvalue weighted by Gasteiger charge is 2.12. The average Bonchev–Trinajstić information content (AvgIpc) is 2.50. The van der Waals surface area contributed by atoms with Crippen molar-refractivity contribution >= 4 is 46.4 Å². The van der Waals surface area contributed by atoms with E-state index in [0.29, 0.717) is 16.3 Å². The first-order valence-electron chi connectivity index (χ1n) is 6.66. The van der Waals surface area contributed by atoms with Crippen LogP contribution in [-0.4, -0.2) is 16.9 Å². The molecule has 0 aliphatic carbocycles. The number of benzene rings is 2. The molecule has 7 heteroatoms. The van der Waals surface area contributed by atoms with Gasteiger partial charge in [-0.25, -0.2) is 0 Å². The van der Waals surface area contributed by atoms with E-state index in [0.717, 1.165) is 5.56 Å². The van der Waals surface area contributed by atoms with Crippen molar-refractivity contribution in [2.45, 2.75) is 6.92 Å². The van der Waals surface area contributed by atoms with Crippen molar-refractivity contribution in [3.05, 3.63) is 64.2 Å². The summed E-state index contributed by atoms with van der Waals surface area (Å²) in [6.07, 6.45) is 0. The standard InChI is InChI=1S/C16H14ClN3O2S/c1-9-6-7-10(8-12(9)17)15(22)20-16(23)19-13-5-3-2-4-11(13)14(18)21/h2-8H,1H3,(H2,18,21)(H2,19,20,22,23). The lowest BCUT2D eigenvalue weighted by molar-refractivity contribution is 0.0975. The second-order valence-corrected chi connectivity index (χ2v) is 5.60. The minimum atomic E-state index is -0.590. The highest BCUT2D eigenvalue weighted by atomic mass is 35.5. The number of amides is 2. The van der Waals surface area contributed by atoms with Crippen molar-refractivity contribution in [1.82, 2.24) is 5.32 Å². The SMILES string of the molecule is Cc1ccc(C(=O)NC(=S)Nc2ccccc2C(N)=O)cc1Cl. The molecule has 5 nitrogen and oxygen atoms in total. The number of carbonyl (C=O) groups excluding carboxylic acids is 2. The number of primary amides is 1. The van der Waals surface area contributed by atoms with Gasteiger partial charge in [-0.2, -0.15) is 0 Å². The summed E-state index contributed by atoms with van der Waals surface area (Å²) in [5.41, 5.74) is 7.25. The predicted molar refractivity (Wildman–Crippen MR) is 94.8 cm³/mol. The van der Waals surface area contributed by atoms with Crippen LogP contribution >= 0.6 is 23.8 Å². The first-order chi connectivity index (χ1) is 10.9. The second-order valence-electron chi connectivity index (χ2n) is 4.78. The van der Waals surface area contributed by atoms with E-state index < -0.39 is 11.8 Å². The van der Waals surface area contributed by atoms with E-state index >= 15 is 0 Å². The third-order valence-electron chi connectivity index (χ3n) is 3.10. The van der Waals surface area contributed by atoms with Crippen molar-refractivity contribution in [2.75, 3.05) is 5.32 Å². The van der Waals surface area contributed by atoms with Gasteiger partial charge in [0, 0.05) is 10.6 Å². The number of halogens is 1. The number of hydrogen-bond donors (Lipinski definition) is 3. The molecular formula is C16H14ClN3O2S. The highest BCUT2D eigenvalue weighted by molar-refractivity contribution is 7.80. The van der Waals surface area contributed by atoms with Gasteiger partial charge in [0.2, 0.25) is 0 Å². The molecule has 0 heterocycles. The number of nitrogens with two attached hydrogens (primary N) is 1.